The number of rotatable bonds is 8. The van der Waals surface area contributed by atoms with Crippen LogP contribution in [0.3, 0.4) is 0 Å². The fourth-order valence-electron chi connectivity index (χ4n) is 3.23. The molecule has 0 unspecified atom stereocenters. The zero-order valence-electron chi connectivity index (χ0n) is 18.1. The lowest BCUT2D eigenvalue weighted by atomic mass is 10.2. The predicted molar refractivity (Wildman–Crippen MR) is 128 cm³/mol. The van der Waals surface area contributed by atoms with Crippen LogP contribution < -0.4 is 15.4 Å². The minimum Gasteiger partial charge on any atom is -0.340 e. The Labute approximate surface area is 191 Å². The van der Waals surface area contributed by atoms with Crippen LogP contribution in [0, 0.1) is 0 Å². The van der Waals surface area contributed by atoms with E-state index < -0.39 is 10.0 Å². The van der Waals surface area contributed by atoms with Crippen LogP contribution in [0.5, 0.6) is 0 Å². The van der Waals surface area contributed by atoms with E-state index in [0.717, 1.165) is 16.6 Å². The van der Waals surface area contributed by atoms with Gasteiger partial charge in [0.05, 0.1) is 24.0 Å². The van der Waals surface area contributed by atoms with E-state index in [-0.39, 0.29) is 17.5 Å². The second-order valence-corrected chi connectivity index (χ2v) is 9.35. The number of carbonyl (C=O) groups is 1. The second kappa shape index (κ2) is 9.25. The third-order valence-electron chi connectivity index (χ3n) is 4.83. The maximum atomic E-state index is 12.0. The molecule has 0 aliphatic carbocycles. The Morgan fingerprint density at radius 2 is 1.88 bits per heavy atom. The SMILES string of the molecule is CCS(=O)(=O)Nc1ncccc1Cn1ncc2cnc(Nc3cccc(NC(C)=O)c3)cc21. The van der Waals surface area contributed by atoms with E-state index in [1.54, 1.807) is 42.3 Å². The molecule has 1 amide bonds. The van der Waals surface area contributed by atoms with Gasteiger partial charge in [-0.1, -0.05) is 12.1 Å². The highest BCUT2D eigenvalue weighted by Gasteiger charge is 2.13. The summed E-state index contributed by atoms with van der Waals surface area (Å²) in [4.78, 5) is 19.9. The standard InChI is InChI=1S/C22H23N7O3S/c1-3-33(31,32)28-22-16(6-5-9-23-22)14-29-20-11-21(24-12-17(20)13-25-29)27-19-8-4-7-18(10-19)26-15(2)30/h4-13H,3,14H2,1-2H3,(H,23,28)(H,24,27)(H,26,30). The van der Waals surface area contributed by atoms with E-state index >= 15 is 0 Å². The van der Waals surface area contributed by atoms with E-state index in [9.17, 15) is 13.2 Å². The van der Waals surface area contributed by atoms with Crippen molar-refractivity contribution in [3.8, 4) is 0 Å². The molecule has 4 aromatic rings. The second-order valence-electron chi connectivity index (χ2n) is 7.33. The maximum Gasteiger partial charge on any atom is 0.233 e. The molecule has 3 heterocycles. The molecular formula is C22H23N7O3S. The van der Waals surface area contributed by atoms with Gasteiger partial charge in [-0.2, -0.15) is 5.10 Å². The van der Waals surface area contributed by atoms with Crippen molar-refractivity contribution in [2.24, 2.45) is 0 Å². The molecule has 0 spiro atoms. The van der Waals surface area contributed by atoms with Crippen molar-refractivity contribution >= 4 is 49.8 Å². The first-order chi connectivity index (χ1) is 15.8. The number of carbonyl (C=O) groups excluding carboxylic acids is 1. The Morgan fingerprint density at radius 3 is 2.67 bits per heavy atom. The number of aromatic nitrogens is 4. The number of amides is 1. The van der Waals surface area contributed by atoms with Gasteiger partial charge in [0.25, 0.3) is 0 Å². The molecule has 0 atom stereocenters. The van der Waals surface area contributed by atoms with Gasteiger partial charge in [0.15, 0.2) is 0 Å². The van der Waals surface area contributed by atoms with Gasteiger partial charge in [-0.25, -0.2) is 18.4 Å². The molecule has 3 aromatic heterocycles. The highest BCUT2D eigenvalue weighted by Crippen LogP contribution is 2.23. The van der Waals surface area contributed by atoms with Crippen LogP contribution in [0.4, 0.5) is 23.0 Å². The minimum atomic E-state index is -3.46. The van der Waals surface area contributed by atoms with Crippen LogP contribution in [0.25, 0.3) is 10.9 Å². The summed E-state index contributed by atoms with van der Waals surface area (Å²) in [5.41, 5.74) is 2.95. The molecule has 3 N–H and O–H groups in total. The Balaban J connectivity index is 1.61. The monoisotopic (exact) mass is 465 g/mol. The number of pyridine rings is 2. The molecule has 170 valence electrons. The Kier molecular flexibility index (Phi) is 6.22. The fraction of sp³-hybridized carbons (Fsp3) is 0.182. The zero-order valence-corrected chi connectivity index (χ0v) is 18.9. The van der Waals surface area contributed by atoms with Crippen LogP contribution in [-0.4, -0.2) is 39.8 Å². The number of anilines is 4. The molecule has 1 aromatic carbocycles. The van der Waals surface area contributed by atoms with Crippen molar-refractivity contribution in [3.05, 3.63) is 66.6 Å². The molecule has 0 saturated carbocycles. The zero-order chi connectivity index (χ0) is 23.4. The summed E-state index contributed by atoms with van der Waals surface area (Å²) in [5, 5.41) is 11.3. The van der Waals surface area contributed by atoms with Gasteiger partial charge in [0.2, 0.25) is 15.9 Å². The topological polar surface area (TPSA) is 131 Å². The van der Waals surface area contributed by atoms with E-state index in [0.29, 0.717) is 23.6 Å². The van der Waals surface area contributed by atoms with Crippen molar-refractivity contribution in [1.82, 2.24) is 19.7 Å². The van der Waals surface area contributed by atoms with E-state index in [4.69, 9.17) is 0 Å². The fourth-order valence-corrected chi connectivity index (χ4v) is 3.85. The first-order valence-corrected chi connectivity index (χ1v) is 11.9. The average molecular weight is 466 g/mol. The number of sulfonamides is 1. The number of fused-ring (bicyclic) bond motifs is 1. The van der Waals surface area contributed by atoms with Crippen molar-refractivity contribution < 1.29 is 13.2 Å². The van der Waals surface area contributed by atoms with Gasteiger partial charge >= 0.3 is 0 Å². The largest absolute Gasteiger partial charge is 0.340 e. The van der Waals surface area contributed by atoms with Crippen molar-refractivity contribution in [3.63, 3.8) is 0 Å². The lowest BCUT2D eigenvalue weighted by molar-refractivity contribution is -0.114. The quantitative estimate of drug-likeness (QED) is 0.364. The first-order valence-electron chi connectivity index (χ1n) is 10.2. The predicted octanol–water partition coefficient (Wildman–Crippen LogP) is 3.34. The van der Waals surface area contributed by atoms with Crippen LogP contribution in [0.2, 0.25) is 0 Å². The van der Waals surface area contributed by atoms with Crippen molar-refractivity contribution in [1.29, 1.82) is 0 Å². The van der Waals surface area contributed by atoms with E-state index in [2.05, 4.69) is 30.4 Å². The van der Waals surface area contributed by atoms with Crippen LogP contribution in [0.15, 0.2) is 61.1 Å². The number of hydrogen-bond acceptors (Lipinski definition) is 7. The summed E-state index contributed by atoms with van der Waals surface area (Å²) in [6.07, 6.45) is 4.96. The highest BCUT2D eigenvalue weighted by atomic mass is 32.2. The summed E-state index contributed by atoms with van der Waals surface area (Å²) < 4.78 is 28.3. The van der Waals surface area contributed by atoms with Crippen molar-refractivity contribution in [2.45, 2.75) is 20.4 Å². The van der Waals surface area contributed by atoms with Crippen molar-refractivity contribution in [2.75, 3.05) is 21.1 Å². The molecular weight excluding hydrogens is 442 g/mol. The summed E-state index contributed by atoms with van der Waals surface area (Å²) in [6.45, 7) is 3.34. The Bertz CT molecular complexity index is 1420. The summed E-state index contributed by atoms with van der Waals surface area (Å²) in [6, 6.07) is 12.7. The minimum absolute atomic E-state index is 0.0441. The number of hydrogen-bond donors (Lipinski definition) is 3. The number of benzene rings is 1. The lowest BCUT2D eigenvalue weighted by Gasteiger charge is -2.12. The third-order valence-corrected chi connectivity index (χ3v) is 6.09. The normalized spacial score (nSPS) is 11.3. The van der Waals surface area contributed by atoms with Crippen LogP contribution >= 0.6 is 0 Å². The molecule has 0 fully saturated rings. The molecule has 0 aliphatic heterocycles. The van der Waals surface area contributed by atoms with Gasteiger partial charge in [0, 0.05) is 47.7 Å². The smallest absolute Gasteiger partial charge is 0.233 e. The van der Waals surface area contributed by atoms with Gasteiger partial charge < -0.3 is 10.6 Å². The lowest BCUT2D eigenvalue weighted by Crippen LogP contribution is -2.17. The first kappa shape index (κ1) is 22.2. The third kappa shape index (κ3) is 5.44. The Hall–Kier alpha value is -3.99. The summed E-state index contributed by atoms with van der Waals surface area (Å²) >= 11 is 0. The van der Waals surface area contributed by atoms with Gasteiger partial charge in [-0.3, -0.25) is 14.2 Å². The molecule has 0 saturated heterocycles. The van der Waals surface area contributed by atoms with Crippen LogP contribution in [0.1, 0.15) is 19.4 Å². The molecule has 33 heavy (non-hydrogen) atoms. The average Bonchev–Trinajstić information content (AvgIpc) is 3.17. The van der Waals surface area contributed by atoms with Gasteiger partial charge in [-0.15, -0.1) is 0 Å². The van der Waals surface area contributed by atoms with Gasteiger partial charge in [-0.05, 0) is 31.2 Å². The molecule has 10 nitrogen and oxygen atoms in total. The summed E-state index contributed by atoms with van der Waals surface area (Å²) in [5.74, 6) is 0.691. The molecule has 4 rings (SSSR count). The van der Waals surface area contributed by atoms with Crippen LogP contribution in [-0.2, 0) is 21.4 Å². The highest BCUT2D eigenvalue weighted by molar-refractivity contribution is 7.92. The Morgan fingerprint density at radius 1 is 1.06 bits per heavy atom. The molecule has 11 heteroatoms. The maximum absolute atomic E-state index is 12.0. The summed E-state index contributed by atoms with van der Waals surface area (Å²) in [7, 11) is -3.46. The van der Waals surface area contributed by atoms with Gasteiger partial charge in [0.1, 0.15) is 11.6 Å². The number of nitrogens with zero attached hydrogens (tertiary/aromatic N) is 4. The molecule has 0 aliphatic rings. The molecule has 0 bridgehead atoms. The number of nitrogens with one attached hydrogen (secondary N) is 3. The van der Waals surface area contributed by atoms with E-state index in [1.165, 1.54) is 6.92 Å². The van der Waals surface area contributed by atoms with E-state index in [1.807, 2.05) is 30.3 Å². The molecule has 0 radical (unpaired) electrons.